The summed E-state index contributed by atoms with van der Waals surface area (Å²) < 4.78 is 11.1. The van der Waals surface area contributed by atoms with Gasteiger partial charge in [0.25, 0.3) is 0 Å². The average molecular weight is 264 g/mol. The summed E-state index contributed by atoms with van der Waals surface area (Å²) in [5.41, 5.74) is 6.42. The zero-order valence-corrected chi connectivity index (χ0v) is 11.9. The van der Waals surface area contributed by atoms with Crippen molar-refractivity contribution >= 4 is 5.69 Å². The van der Waals surface area contributed by atoms with Gasteiger partial charge in [-0.3, -0.25) is 0 Å². The number of piperidine rings is 1. The molecule has 1 unspecified atom stereocenters. The van der Waals surface area contributed by atoms with Crippen LogP contribution in [-0.4, -0.2) is 38.3 Å². The van der Waals surface area contributed by atoms with Crippen LogP contribution in [0.25, 0.3) is 0 Å². The molecule has 19 heavy (non-hydrogen) atoms. The lowest BCUT2D eigenvalue weighted by atomic mass is 10.0. The van der Waals surface area contributed by atoms with Crippen molar-refractivity contribution in [2.45, 2.75) is 31.7 Å². The zero-order valence-electron chi connectivity index (χ0n) is 11.9. The molecule has 4 heteroatoms. The van der Waals surface area contributed by atoms with Gasteiger partial charge in [-0.25, -0.2) is 0 Å². The fraction of sp³-hybridized carbons (Fsp3) is 0.600. The summed E-state index contributed by atoms with van der Waals surface area (Å²) in [6.45, 7) is 1.92. The Kier molecular flexibility index (Phi) is 4.91. The van der Waals surface area contributed by atoms with E-state index in [4.69, 9.17) is 15.2 Å². The summed E-state index contributed by atoms with van der Waals surface area (Å²) in [5, 5.41) is 0. The second kappa shape index (κ2) is 6.66. The quantitative estimate of drug-likeness (QED) is 0.830. The Balaban J connectivity index is 1.85. The first kappa shape index (κ1) is 14.0. The van der Waals surface area contributed by atoms with Gasteiger partial charge in [-0.15, -0.1) is 0 Å². The van der Waals surface area contributed by atoms with E-state index in [2.05, 4.69) is 11.9 Å². The van der Waals surface area contributed by atoms with Crippen molar-refractivity contribution in [3.63, 3.8) is 0 Å². The van der Waals surface area contributed by atoms with Crippen LogP contribution in [0.4, 0.5) is 5.69 Å². The molecule has 1 aromatic rings. The zero-order chi connectivity index (χ0) is 13.7. The lowest BCUT2D eigenvalue weighted by molar-refractivity contribution is 0.152. The maximum absolute atomic E-state index is 5.83. The Bertz CT molecular complexity index is 409. The van der Waals surface area contributed by atoms with Crippen molar-refractivity contribution in [1.29, 1.82) is 0 Å². The number of hydrogen-bond donors (Lipinski definition) is 1. The molecule has 1 heterocycles. The number of ether oxygens (including phenoxy) is 2. The Hall–Kier alpha value is -1.42. The lowest BCUT2D eigenvalue weighted by Crippen LogP contribution is -2.37. The van der Waals surface area contributed by atoms with Gasteiger partial charge in [0.15, 0.2) is 11.5 Å². The number of nitrogen functional groups attached to an aromatic ring is 1. The maximum atomic E-state index is 5.83. The molecule has 1 aliphatic heterocycles. The first-order chi connectivity index (χ1) is 9.20. The van der Waals surface area contributed by atoms with E-state index in [1.54, 1.807) is 13.2 Å². The Labute approximate surface area is 115 Å². The highest BCUT2D eigenvalue weighted by atomic mass is 16.5. The SMILES string of the molecule is COc1cc(N)ccc1OCCC1CCCCN1C. The van der Waals surface area contributed by atoms with Crippen LogP contribution in [0, 0.1) is 0 Å². The first-order valence-electron chi connectivity index (χ1n) is 6.97. The number of nitrogens with zero attached hydrogens (tertiary/aromatic N) is 1. The lowest BCUT2D eigenvalue weighted by Gasteiger charge is -2.32. The molecular formula is C15H24N2O2. The second-order valence-electron chi connectivity index (χ2n) is 5.18. The molecule has 2 N–H and O–H groups in total. The van der Waals surface area contributed by atoms with Crippen LogP contribution in [0.1, 0.15) is 25.7 Å². The molecule has 0 bridgehead atoms. The van der Waals surface area contributed by atoms with E-state index in [0.29, 0.717) is 17.5 Å². The molecule has 1 aliphatic rings. The fourth-order valence-corrected chi connectivity index (χ4v) is 2.62. The van der Waals surface area contributed by atoms with Crippen LogP contribution in [0.3, 0.4) is 0 Å². The number of rotatable bonds is 5. The van der Waals surface area contributed by atoms with Gasteiger partial charge in [-0.05, 0) is 45.0 Å². The number of methoxy groups -OCH3 is 1. The average Bonchev–Trinajstić information content (AvgIpc) is 2.42. The van der Waals surface area contributed by atoms with Crippen LogP contribution >= 0.6 is 0 Å². The fourth-order valence-electron chi connectivity index (χ4n) is 2.62. The van der Waals surface area contributed by atoms with Crippen LogP contribution in [-0.2, 0) is 0 Å². The maximum Gasteiger partial charge on any atom is 0.162 e. The third kappa shape index (κ3) is 3.77. The van der Waals surface area contributed by atoms with E-state index in [1.807, 2.05) is 12.1 Å². The highest BCUT2D eigenvalue weighted by Gasteiger charge is 2.18. The third-order valence-corrected chi connectivity index (χ3v) is 3.82. The largest absolute Gasteiger partial charge is 0.493 e. The van der Waals surface area contributed by atoms with Crippen LogP contribution < -0.4 is 15.2 Å². The molecule has 0 aliphatic carbocycles. The number of anilines is 1. The van der Waals surface area contributed by atoms with Crippen molar-refractivity contribution in [3.05, 3.63) is 18.2 Å². The van der Waals surface area contributed by atoms with E-state index in [9.17, 15) is 0 Å². The highest BCUT2D eigenvalue weighted by Crippen LogP contribution is 2.29. The van der Waals surface area contributed by atoms with E-state index < -0.39 is 0 Å². The molecule has 1 fully saturated rings. The number of likely N-dealkylation sites (tertiary alicyclic amines) is 1. The van der Waals surface area contributed by atoms with Gasteiger partial charge in [0.1, 0.15) is 0 Å². The van der Waals surface area contributed by atoms with E-state index in [1.165, 1.54) is 25.8 Å². The van der Waals surface area contributed by atoms with Gasteiger partial charge in [0.05, 0.1) is 13.7 Å². The molecular weight excluding hydrogens is 240 g/mol. The van der Waals surface area contributed by atoms with Crippen LogP contribution in [0.5, 0.6) is 11.5 Å². The number of nitrogens with two attached hydrogens (primary N) is 1. The number of hydrogen-bond acceptors (Lipinski definition) is 4. The van der Waals surface area contributed by atoms with Crippen molar-refractivity contribution < 1.29 is 9.47 Å². The molecule has 0 saturated carbocycles. The molecule has 2 rings (SSSR count). The standard InChI is InChI=1S/C15H24N2O2/c1-17-9-4-3-5-13(17)8-10-19-14-7-6-12(16)11-15(14)18-2/h6-7,11,13H,3-5,8-10,16H2,1-2H3. The van der Waals surface area contributed by atoms with Crippen LogP contribution in [0.2, 0.25) is 0 Å². The molecule has 1 saturated heterocycles. The van der Waals surface area contributed by atoms with Gasteiger partial charge in [0.2, 0.25) is 0 Å². The van der Waals surface area contributed by atoms with E-state index in [0.717, 1.165) is 18.8 Å². The minimum atomic E-state index is 0.647. The van der Waals surface area contributed by atoms with Gasteiger partial charge in [0, 0.05) is 17.8 Å². The second-order valence-corrected chi connectivity index (χ2v) is 5.18. The molecule has 0 spiro atoms. The minimum Gasteiger partial charge on any atom is -0.493 e. The minimum absolute atomic E-state index is 0.647. The third-order valence-electron chi connectivity index (χ3n) is 3.82. The Morgan fingerprint density at radius 2 is 2.16 bits per heavy atom. The predicted molar refractivity (Wildman–Crippen MR) is 77.8 cm³/mol. The highest BCUT2D eigenvalue weighted by molar-refractivity contribution is 5.51. The molecule has 0 aromatic heterocycles. The van der Waals surface area contributed by atoms with Crippen LogP contribution in [0.15, 0.2) is 18.2 Å². The molecule has 0 radical (unpaired) electrons. The van der Waals surface area contributed by atoms with Gasteiger partial charge in [-0.2, -0.15) is 0 Å². The van der Waals surface area contributed by atoms with Crippen molar-refractivity contribution in [1.82, 2.24) is 4.90 Å². The predicted octanol–water partition coefficient (Wildman–Crippen LogP) is 2.53. The summed E-state index contributed by atoms with van der Waals surface area (Å²) in [5.74, 6) is 1.48. The summed E-state index contributed by atoms with van der Waals surface area (Å²) in [7, 11) is 3.84. The van der Waals surface area contributed by atoms with Crippen molar-refractivity contribution in [2.75, 3.05) is 33.0 Å². The van der Waals surface area contributed by atoms with Gasteiger partial charge in [-0.1, -0.05) is 6.42 Å². The summed E-state index contributed by atoms with van der Waals surface area (Å²) in [6, 6.07) is 6.15. The van der Waals surface area contributed by atoms with Crippen molar-refractivity contribution in [3.8, 4) is 11.5 Å². The van der Waals surface area contributed by atoms with E-state index in [-0.39, 0.29) is 0 Å². The first-order valence-corrected chi connectivity index (χ1v) is 6.97. The van der Waals surface area contributed by atoms with Gasteiger partial charge < -0.3 is 20.1 Å². The Morgan fingerprint density at radius 1 is 1.32 bits per heavy atom. The molecule has 106 valence electrons. The smallest absolute Gasteiger partial charge is 0.162 e. The molecule has 1 aromatic carbocycles. The Morgan fingerprint density at radius 3 is 2.89 bits per heavy atom. The molecule has 0 amide bonds. The monoisotopic (exact) mass is 264 g/mol. The van der Waals surface area contributed by atoms with E-state index >= 15 is 0 Å². The molecule has 4 nitrogen and oxygen atoms in total. The van der Waals surface area contributed by atoms with Gasteiger partial charge >= 0.3 is 0 Å². The summed E-state index contributed by atoms with van der Waals surface area (Å²) in [6.07, 6.45) is 4.99. The topological polar surface area (TPSA) is 47.7 Å². The normalized spacial score (nSPS) is 20.2. The summed E-state index contributed by atoms with van der Waals surface area (Å²) in [4.78, 5) is 2.44. The van der Waals surface area contributed by atoms with Crippen molar-refractivity contribution in [2.24, 2.45) is 0 Å². The number of benzene rings is 1. The molecule has 1 atom stereocenters. The summed E-state index contributed by atoms with van der Waals surface area (Å²) >= 11 is 0.